The Labute approximate surface area is 303 Å². The molecule has 2 aromatic rings. The lowest BCUT2D eigenvalue weighted by atomic mass is 9.89. The summed E-state index contributed by atoms with van der Waals surface area (Å²) in [6, 6.07) is 16.5. The van der Waals surface area contributed by atoms with Crippen LogP contribution < -0.4 is 22.1 Å². The molecule has 4 amide bonds. The number of hydrogen-bond donors (Lipinski definition) is 4. The smallest absolute Gasteiger partial charge is 0.318 e. The van der Waals surface area contributed by atoms with Crippen LogP contribution in [0.2, 0.25) is 0 Å². The van der Waals surface area contributed by atoms with Crippen LogP contribution in [-0.4, -0.2) is 110 Å². The highest BCUT2D eigenvalue weighted by Crippen LogP contribution is 2.21. The first-order valence-corrected chi connectivity index (χ1v) is 19.8. The minimum absolute atomic E-state index is 0.0443. The van der Waals surface area contributed by atoms with E-state index in [0.717, 1.165) is 17.4 Å². The van der Waals surface area contributed by atoms with Gasteiger partial charge in [-0.15, -0.1) is 0 Å². The van der Waals surface area contributed by atoms with Crippen molar-refractivity contribution in [1.29, 1.82) is 0 Å². The van der Waals surface area contributed by atoms with Gasteiger partial charge in [-0.05, 0) is 42.9 Å². The number of ketones is 1. The van der Waals surface area contributed by atoms with E-state index in [1.807, 2.05) is 74.5 Å². The third kappa shape index (κ3) is 14.0. The van der Waals surface area contributed by atoms with Gasteiger partial charge < -0.3 is 31.9 Å². The van der Waals surface area contributed by atoms with E-state index >= 15 is 0 Å². The Morgan fingerprint density at radius 3 is 1.98 bits per heavy atom. The summed E-state index contributed by atoms with van der Waals surface area (Å²) in [5.74, 6) is -1.56. The standard InChI is InChI=1S/C37H57N7O6S/c1-28(2)24-32(34(45)26-31(16-10-11-17-38)36(47)42-20-22-44(23-21-42)51(3,49)50)40-35(46)33(25-29-12-6-4-7-13-29)41-37(48)43(19-18-39)27-30-14-8-5-9-15-30/h4-9,12-15,28,31-33H,10-11,16-27,38-39H2,1-3H3,(H,40,46)(H,41,48)/t31-,32+,33+/m0/s1. The van der Waals surface area contributed by atoms with Crippen molar-refractivity contribution in [2.24, 2.45) is 23.3 Å². The van der Waals surface area contributed by atoms with E-state index in [1.54, 1.807) is 9.80 Å². The van der Waals surface area contributed by atoms with Crippen molar-refractivity contribution in [3.05, 3.63) is 71.8 Å². The van der Waals surface area contributed by atoms with Crippen LogP contribution in [0.3, 0.4) is 0 Å². The number of urea groups is 1. The first-order valence-electron chi connectivity index (χ1n) is 17.9. The summed E-state index contributed by atoms with van der Waals surface area (Å²) in [6.45, 7) is 6.06. The highest BCUT2D eigenvalue weighted by molar-refractivity contribution is 7.88. The van der Waals surface area contributed by atoms with E-state index in [-0.39, 0.29) is 69.7 Å². The lowest BCUT2D eigenvalue weighted by Crippen LogP contribution is -2.55. The van der Waals surface area contributed by atoms with E-state index in [0.29, 0.717) is 38.8 Å². The van der Waals surface area contributed by atoms with Crippen LogP contribution in [-0.2, 0) is 37.4 Å². The van der Waals surface area contributed by atoms with Crippen molar-refractivity contribution in [2.75, 3.05) is 52.1 Å². The first-order chi connectivity index (χ1) is 24.3. The zero-order valence-electron chi connectivity index (χ0n) is 30.3. The quantitative estimate of drug-likeness (QED) is 0.149. The van der Waals surface area contributed by atoms with Gasteiger partial charge in [0.25, 0.3) is 0 Å². The van der Waals surface area contributed by atoms with Gasteiger partial charge in [-0.25, -0.2) is 13.2 Å². The maximum Gasteiger partial charge on any atom is 0.318 e. The minimum atomic E-state index is -3.37. The van der Waals surface area contributed by atoms with E-state index in [2.05, 4.69) is 10.6 Å². The monoisotopic (exact) mass is 727 g/mol. The zero-order valence-corrected chi connectivity index (χ0v) is 31.2. The predicted octanol–water partition coefficient (Wildman–Crippen LogP) is 2.11. The van der Waals surface area contributed by atoms with Gasteiger partial charge in [-0.2, -0.15) is 4.31 Å². The molecule has 0 bridgehead atoms. The van der Waals surface area contributed by atoms with Crippen LogP contribution in [0.5, 0.6) is 0 Å². The number of benzene rings is 2. The van der Waals surface area contributed by atoms with Gasteiger partial charge in [-0.3, -0.25) is 14.4 Å². The average molecular weight is 728 g/mol. The fourth-order valence-electron chi connectivity index (χ4n) is 6.26. The largest absolute Gasteiger partial charge is 0.344 e. The Morgan fingerprint density at radius 2 is 1.43 bits per heavy atom. The molecule has 1 aliphatic rings. The summed E-state index contributed by atoms with van der Waals surface area (Å²) in [7, 11) is -3.37. The number of piperazine rings is 1. The molecule has 1 fully saturated rings. The molecule has 0 aromatic heterocycles. The lowest BCUT2D eigenvalue weighted by molar-refractivity contribution is -0.140. The predicted molar refractivity (Wildman–Crippen MR) is 199 cm³/mol. The first kappa shape index (κ1) is 41.6. The van der Waals surface area contributed by atoms with Gasteiger partial charge in [0.2, 0.25) is 21.8 Å². The topological polar surface area (TPSA) is 188 Å². The van der Waals surface area contributed by atoms with Crippen LogP contribution in [0.4, 0.5) is 4.79 Å². The summed E-state index contributed by atoms with van der Waals surface area (Å²) < 4.78 is 25.4. The second-order valence-corrected chi connectivity index (χ2v) is 15.7. The number of unbranched alkanes of at least 4 members (excludes halogenated alkanes) is 1. The van der Waals surface area contributed by atoms with Crippen molar-refractivity contribution < 1.29 is 27.6 Å². The van der Waals surface area contributed by atoms with Gasteiger partial charge >= 0.3 is 6.03 Å². The summed E-state index contributed by atoms with van der Waals surface area (Å²) in [5.41, 5.74) is 13.3. The Morgan fingerprint density at radius 1 is 0.824 bits per heavy atom. The third-order valence-electron chi connectivity index (χ3n) is 9.03. The molecule has 282 valence electrons. The molecule has 6 N–H and O–H groups in total. The molecule has 14 heteroatoms. The summed E-state index contributed by atoms with van der Waals surface area (Å²) in [4.78, 5) is 58.6. The number of rotatable bonds is 20. The number of nitrogens with one attached hydrogen (secondary N) is 2. The fourth-order valence-corrected chi connectivity index (χ4v) is 7.08. The number of nitrogens with two attached hydrogens (primary N) is 2. The molecule has 1 saturated heterocycles. The second-order valence-electron chi connectivity index (χ2n) is 13.7. The minimum Gasteiger partial charge on any atom is -0.344 e. The van der Waals surface area contributed by atoms with Crippen LogP contribution in [0, 0.1) is 11.8 Å². The second kappa shape index (κ2) is 20.9. The molecule has 1 heterocycles. The molecule has 0 unspecified atom stereocenters. The Hall–Kier alpha value is -3.85. The lowest BCUT2D eigenvalue weighted by Gasteiger charge is -2.35. The summed E-state index contributed by atoms with van der Waals surface area (Å²) >= 11 is 0. The molecule has 0 aliphatic carbocycles. The average Bonchev–Trinajstić information content (AvgIpc) is 3.10. The van der Waals surface area contributed by atoms with Gasteiger partial charge in [0.05, 0.1) is 12.3 Å². The van der Waals surface area contributed by atoms with Gasteiger partial charge in [-0.1, -0.05) is 80.9 Å². The Balaban J connectivity index is 1.80. The van der Waals surface area contributed by atoms with Crippen LogP contribution >= 0.6 is 0 Å². The van der Waals surface area contributed by atoms with Crippen LogP contribution in [0.15, 0.2) is 60.7 Å². The highest BCUT2D eigenvalue weighted by atomic mass is 32.2. The number of Topliss-reactive ketones (excluding diaryl/α,β-unsaturated/α-hetero) is 1. The Bertz CT molecular complexity index is 1500. The molecule has 3 rings (SSSR count). The fraction of sp³-hybridized carbons (Fsp3) is 0.568. The molecule has 13 nitrogen and oxygen atoms in total. The highest BCUT2D eigenvalue weighted by Gasteiger charge is 2.34. The number of hydrogen-bond acceptors (Lipinski definition) is 8. The summed E-state index contributed by atoms with van der Waals surface area (Å²) in [5, 5.41) is 5.85. The van der Waals surface area contributed by atoms with E-state index < -0.39 is 40.0 Å². The number of sulfonamides is 1. The summed E-state index contributed by atoms with van der Waals surface area (Å²) in [6.07, 6.45) is 3.41. The number of carbonyl (C=O) groups excluding carboxylic acids is 4. The van der Waals surface area contributed by atoms with E-state index in [4.69, 9.17) is 11.5 Å². The molecule has 3 atom stereocenters. The number of nitrogens with zero attached hydrogens (tertiary/aromatic N) is 3. The zero-order chi connectivity index (χ0) is 37.4. The van der Waals surface area contributed by atoms with Crippen molar-refractivity contribution in [1.82, 2.24) is 24.7 Å². The van der Waals surface area contributed by atoms with Crippen molar-refractivity contribution in [3.8, 4) is 0 Å². The Kier molecular flexibility index (Phi) is 17.0. The van der Waals surface area contributed by atoms with Crippen molar-refractivity contribution >= 4 is 33.7 Å². The molecule has 2 aromatic carbocycles. The molecule has 0 spiro atoms. The molecule has 1 aliphatic heterocycles. The number of carbonyl (C=O) groups is 4. The molecule has 0 saturated carbocycles. The molecule has 0 radical (unpaired) electrons. The molecular formula is C37H57N7O6S. The van der Waals surface area contributed by atoms with E-state index in [1.165, 1.54) is 4.31 Å². The van der Waals surface area contributed by atoms with Gasteiger partial charge in [0.15, 0.2) is 5.78 Å². The molecular weight excluding hydrogens is 671 g/mol. The van der Waals surface area contributed by atoms with Crippen molar-refractivity contribution in [2.45, 2.75) is 71.0 Å². The maximum atomic E-state index is 14.0. The van der Waals surface area contributed by atoms with Crippen LogP contribution in [0.25, 0.3) is 0 Å². The van der Waals surface area contributed by atoms with E-state index in [9.17, 15) is 27.6 Å². The van der Waals surface area contributed by atoms with Gasteiger partial charge in [0, 0.05) is 64.6 Å². The van der Waals surface area contributed by atoms with Gasteiger partial charge in [0.1, 0.15) is 6.04 Å². The normalized spacial score (nSPS) is 15.5. The maximum absolute atomic E-state index is 14.0. The molecule has 51 heavy (non-hydrogen) atoms. The SMILES string of the molecule is CC(C)C[C@@H](NC(=O)[C@@H](Cc1ccccc1)NC(=O)N(CCN)Cc1ccccc1)C(=O)C[C@H](CCCCN)C(=O)N1CCN(S(C)(=O)=O)CC1. The van der Waals surface area contributed by atoms with Crippen molar-refractivity contribution in [3.63, 3.8) is 0 Å². The number of amides is 4. The third-order valence-corrected chi connectivity index (χ3v) is 10.3. The van der Waals surface area contributed by atoms with Crippen LogP contribution in [0.1, 0.15) is 57.1 Å².